The molecule has 0 aromatic carbocycles. The van der Waals surface area contributed by atoms with Gasteiger partial charge in [-0.3, -0.25) is 14.4 Å². The zero-order chi connectivity index (χ0) is 16.0. The summed E-state index contributed by atoms with van der Waals surface area (Å²) in [7, 11) is 0. The summed E-state index contributed by atoms with van der Waals surface area (Å²) in [4.78, 5) is 39.2. The third-order valence-electron chi connectivity index (χ3n) is 3.83. The van der Waals surface area contributed by atoms with Crippen LogP contribution >= 0.6 is 0 Å². The topological polar surface area (TPSA) is 69.7 Å². The van der Waals surface area contributed by atoms with E-state index in [9.17, 15) is 14.4 Å². The van der Waals surface area contributed by atoms with Crippen molar-refractivity contribution in [2.45, 2.75) is 46.6 Å². The Morgan fingerprint density at radius 2 is 1.43 bits per heavy atom. The Hall–Kier alpha value is -1.59. The van der Waals surface area contributed by atoms with Gasteiger partial charge in [-0.15, -0.1) is 0 Å². The highest BCUT2D eigenvalue weighted by Crippen LogP contribution is 2.14. The quantitative estimate of drug-likeness (QED) is 0.773. The zero-order valence-corrected chi connectivity index (χ0v) is 13.5. The third kappa shape index (κ3) is 4.72. The van der Waals surface area contributed by atoms with Crippen molar-refractivity contribution in [1.29, 1.82) is 0 Å². The van der Waals surface area contributed by atoms with Gasteiger partial charge in [0, 0.05) is 38.1 Å². The second-order valence-electron chi connectivity index (χ2n) is 5.76. The van der Waals surface area contributed by atoms with Crippen LogP contribution in [0, 0.1) is 5.92 Å². The highest BCUT2D eigenvalue weighted by atomic mass is 16.2. The second-order valence-corrected chi connectivity index (χ2v) is 5.76. The molecule has 1 heterocycles. The number of carbonyl (C=O) groups is 3. The number of piperazine rings is 1. The molecule has 1 saturated heterocycles. The van der Waals surface area contributed by atoms with Crippen LogP contribution in [0.5, 0.6) is 0 Å². The van der Waals surface area contributed by atoms with Gasteiger partial charge in [0.25, 0.3) is 0 Å². The van der Waals surface area contributed by atoms with Crippen molar-refractivity contribution in [1.82, 2.24) is 15.1 Å². The Kier molecular flexibility index (Phi) is 6.65. The molecule has 0 radical (unpaired) electrons. The first-order chi connectivity index (χ1) is 9.90. The van der Waals surface area contributed by atoms with E-state index in [1.807, 2.05) is 32.6 Å². The maximum Gasteiger partial charge on any atom is 0.312 e. The van der Waals surface area contributed by atoms with E-state index in [1.54, 1.807) is 0 Å². The molecule has 0 aromatic rings. The van der Waals surface area contributed by atoms with E-state index in [4.69, 9.17) is 0 Å². The lowest BCUT2D eigenvalue weighted by atomic mass is 10.0. The smallest absolute Gasteiger partial charge is 0.312 e. The van der Waals surface area contributed by atoms with Gasteiger partial charge in [-0.05, 0) is 26.7 Å². The molecule has 120 valence electrons. The van der Waals surface area contributed by atoms with Crippen LogP contribution in [-0.2, 0) is 14.4 Å². The number of hydrogen-bond donors (Lipinski definition) is 1. The number of carbonyl (C=O) groups excluding carboxylic acids is 3. The molecule has 0 atom stereocenters. The number of rotatable bonds is 4. The molecule has 0 bridgehead atoms. The molecule has 3 amide bonds. The van der Waals surface area contributed by atoms with E-state index in [2.05, 4.69) is 5.32 Å². The van der Waals surface area contributed by atoms with Gasteiger partial charge in [0.1, 0.15) is 0 Å². The summed E-state index contributed by atoms with van der Waals surface area (Å²) in [6.07, 6.45) is 1.68. The Morgan fingerprint density at radius 3 is 1.86 bits per heavy atom. The van der Waals surface area contributed by atoms with Crippen molar-refractivity contribution in [3.8, 4) is 0 Å². The SMILES string of the molecule is CCC(CC)C(=O)N1CCN(C(=O)C(=O)NC(C)C)CC1. The van der Waals surface area contributed by atoms with E-state index >= 15 is 0 Å². The van der Waals surface area contributed by atoms with Crippen LogP contribution in [0.1, 0.15) is 40.5 Å². The van der Waals surface area contributed by atoms with Crippen LogP contribution in [0.3, 0.4) is 0 Å². The molecule has 0 spiro atoms. The first-order valence-corrected chi connectivity index (χ1v) is 7.79. The van der Waals surface area contributed by atoms with Crippen LogP contribution in [0.25, 0.3) is 0 Å². The summed E-state index contributed by atoms with van der Waals surface area (Å²) in [6, 6.07) is -0.0563. The standard InChI is InChI=1S/C15H27N3O3/c1-5-12(6-2)14(20)17-7-9-18(10-8-17)15(21)13(19)16-11(3)4/h11-12H,5-10H2,1-4H3,(H,16,19). The highest BCUT2D eigenvalue weighted by Gasteiger charge is 2.29. The normalized spacial score (nSPS) is 15.5. The van der Waals surface area contributed by atoms with Crippen LogP contribution in [0.4, 0.5) is 0 Å². The number of nitrogens with one attached hydrogen (secondary N) is 1. The molecule has 1 aliphatic heterocycles. The number of amides is 3. The summed E-state index contributed by atoms with van der Waals surface area (Å²) < 4.78 is 0. The van der Waals surface area contributed by atoms with Gasteiger partial charge in [-0.2, -0.15) is 0 Å². The molecule has 6 heteroatoms. The van der Waals surface area contributed by atoms with Gasteiger partial charge in [0.05, 0.1) is 0 Å². The predicted molar refractivity (Wildman–Crippen MR) is 80.5 cm³/mol. The fourth-order valence-electron chi connectivity index (χ4n) is 2.49. The van der Waals surface area contributed by atoms with Gasteiger partial charge in [-0.1, -0.05) is 13.8 Å². The zero-order valence-electron chi connectivity index (χ0n) is 13.5. The Morgan fingerprint density at radius 1 is 0.952 bits per heavy atom. The predicted octanol–water partition coefficient (Wildman–Crippen LogP) is 0.618. The molecule has 21 heavy (non-hydrogen) atoms. The molecule has 0 saturated carbocycles. The van der Waals surface area contributed by atoms with Crippen LogP contribution < -0.4 is 5.32 Å². The Balaban J connectivity index is 2.50. The van der Waals surface area contributed by atoms with Gasteiger partial charge >= 0.3 is 11.8 Å². The van der Waals surface area contributed by atoms with Crippen molar-refractivity contribution < 1.29 is 14.4 Å². The van der Waals surface area contributed by atoms with E-state index in [-0.39, 0.29) is 17.9 Å². The summed E-state index contributed by atoms with van der Waals surface area (Å²) in [6.45, 7) is 9.54. The molecular formula is C15H27N3O3. The second kappa shape index (κ2) is 8.00. The number of nitrogens with zero attached hydrogens (tertiary/aromatic N) is 2. The van der Waals surface area contributed by atoms with E-state index in [0.29, 0.717) is 26.2 Å². The Labute approximate surface area is 126 Å². The van der Waals surface area contributed by atoms with Crippen molar-refractivity contribution in [2.75, 3.05) is 26.2 Å². The molecule has 0 aliphatic carbocycles. The first kappa shape index (κ1) is 17.5. The van der Waals surface area contributed by atoms with Crippen molar-refractivity contribution in [2.24, 2.45) is 5.92 Å². The van der Waals surface area contributed by atoms with Gasteiger partial charge in [0.2, 0.25) is 5.91 Å². The minimum absolute atomic E-state index is 0.0563. The minimum Gasteiger partial charge on any atom is -0.346 e. The minimum atomic E-state index is -0.565. The third-order valence-corrected chi connectivity index (χ3v) is 3.83. The fourth-order valence-corrected chi connectivity index (χ4v) is 2.49. The molecule has 0 aromatic heterocycles. The highest BCUT2D eigenvalue weighted by molar-refractivity contribution is 6.35. The average molecular weight is 297 g/mol. The summed E-state index contributed by atoms with van der Waals surface area (Å²) >= 11 is 0. The first-order valence-electron chi connectivity index (χ1n) is 7.79. The van der Waals surface area contributed by atoms with E-state index in [1.165, 1.54) is 4.90 Å². The molecule has 1 aliphatic rings. The molecule has 1 rings (SSSR count). The fraction of sp³-hybridized carbons (Fsp3) is 0.800. The van der Waals surface area contributed by atoms with Crippen LogP contribution in [-0.4, -0.2) is 59.7 Å². The summed E-state index contributed by atoms with van der Waals surface area (Å²) in [5, 5.41) is 2.60. The lowest BCUT2D eigenvalue weighted by Gasteiger charge is -2.36. The molecule has 1 fully saturated rings. The monoisotopic (exact) mass is 297 g/mol. The van der Waals surface area contributed by atoms with Gasteiger partial charge in [0.15, 0.2) is 0 Å². The molecule has 1 N–H and O–H groups in total. The van der Waals surface area contributed by atoms with Gasteiger partial charge < -0.3 is 15.1 Å². The van der Waals surface area contributed by atoms with Crippen LogP contribution in [0.15, 0.2) is 0 Å². The average Bonchev–Trinajstić information content (AvgIpc) is 2.47. The lowest BCUT2D eigenvalue weighted by molar-refractivity contribution is -0.149. The molecular weight excluding hydrogens is 270 g/mol. The largest absolute Gasteiger partial charge is 0.346 e. The lowest BCUT2D eigenvalue weighted by Crippen LogP contribution is -2.55. The number of hydrogen-bond acceptors (Lipinski definition) is 3. The maximum atomic E-state index is 12.3. The summed E-state index contributed by atoms with van der Waals surface area (Å²) in [5.41, 5.74) is 0. The summed E-state index contributed by atoms with van der Waals surface area (Å²) in [5.74, 6) is -0.835. The Bertz CT molecular complexity index is 384. The van der Waals surface area contributed by atoms with E-state index in [0.717, 1.165) is 12.8 Å². The maximum absolute atomic E-state index is 12.3. The van der Waals surface area contributed by atoms with Crippen molar-refractivity contribution in [3.05, 3.63) is 0 Å². The van der Waals surface area contributed by atoms with Crippen molar-refractivity contribution in [3.63, 3.8) is 0 Å². The van der Waals surface area contributed by atoms with E-state index < -0.39 is 11.8 Å². The molecule has 6 nitrogen and oxygen atoms in total. The molecule has 0 unspecified atom stereocenters. The van der Waals surface area contributed by atoms with Crippen molar-refractivity contribution >= 4 is 17.7 Å². The van der Waals surface area contributed by atoms with Crippen LogP contribution in [0.2, 0.25) is 0 Å². The van der Waals surface area contributed by atoms with Gasteiger partial charge in [-0.25, -0.2) is 0 Å².